The predicted molar refractivity (Wildman–Crippen MR) is 84.1 cm³/mol. The van der Waals surface area contributed by atoms with Crippen LogP contribution in [-0.4, -0.2) is 25.4 Å². The molecule has 0 bridgehead atoms. The molecule has 0 saturated heterocycles. The molecule has 1 N–H and O–H groups in total. The van der Waals surface area contributed by atoms with Crippen LogP contribution in [0.1, 0.15) is 23.5 Å². The van der Waals surface area contributed by atoms with Gasteiger partial charge in [-0.25, -0.2) is 0 Å². The molecule has 112 valence electrons. The predicted octanol–water partition coefficient (Wildman–Crippen LogP) is 3.55. The van der Waals surface area contributed by atoms with Crippen LogP contribution in [0.2, 0.25) is 0 Å². The van der Waals surface area contributed by atoms with Crippen molar-refractivity contribution < 1.29 is 14.6 Å². The van der Waals surface area contributed by atoms with Gasteiger partial charge in [0.15, 0.2) is 0 Å². The lowest BCUT2D eigenvalue weighted by atomic mass is 9.93. The number of hydrogen-bond acceptors (Lipinski definition) is 3. The fourth-order valence-corrected chi connectivity index (χ4v) is 2.38. The zero-order valence-corrected chi connectivity index (χ0v) is 12.6. The van der Waals surface area contributed by atoms with E-state index >= 15 is 0 Å². The molecule has 0 spiro atoms. The van der Waals surface area contributed by atoms with Crippen molar-refractivity contribution >= 4 is 0 Å². The minimum Gasteiger partial charge on any atom is -0.497 e. The second-order valence-electron chi connectivity index (χ2n) is 5.05. The minimum atomic E-state index is 0.115. The first-order chi connectivity index (χ1) is 10.2. The number of methoxy groups -OCH3 is 1. The molecule has 1 unspecified atom stereocenters. The zero-order valence-electron chi connectivity index (χ0n) is 12.6. The summed E-state index contributed by atoms with van der Waals surface area (Å²) >= 11 is 0. The highest BCUT2D eigenvalue weighted by molar-refractivity contribution is 5.31. The molecule has 0 fully saturated rings. The number of hydrogen-bond donors (Lipinski definition) is 1. The Kier molecular flexibility index (Phi) is 5.64. The molecular formula is C18H22O3. The summed E-state index contributed by atoms with van der Waals surface area (Å²) in [6.07, 6.45) is 0.785. The smallest absolute Gasteiger partial charge is 0.119 e. The van der Waals surface area contributed by atoms with E-state index in [0.29, 0.717) is 6.61 Å². The normalized spacial score (nSPS) is 12.0. The van der Waals surface area contributed by atoms with Gasteiger partial charge in [0.25, 0.3) is 0 Å². The van der Waals surface area contributed by atoms with Crippen LogP contribution in [0.4, 0.5) is 0 Å². The Morgan fingerprint density at radius 1 is 1.00 bits per heavy atom. The van der Waals surface area contributed by atoms with Gasteiger partial charge in [0.05, 0.1) is 20.3 Å². The highest BCUT2D eigenvalue weighted by Gasteiger charge is 2.12. The first kappa shape index (κ1) is 15.4. The van der Waals surface area contributed by atoms with Crippen LogP contribution in [0.5, 0.6) is 11.5 Å². The number of benzene rings is 2. The highest BCUT2D eigenvalue weighted by atomic mass is 16.5. The fourth-order valence-electron chi connectivity index (χ4n) is 2.38. The third kappa shape index (κ3) is 4.23. The SMILES string of the molecule is COc1ccc(OCCC(CO)c2ccccc2C)cc1. The lowest BCUT2D eigenvalue weighted by molar-refractivity contribution is 0.229. The number of aliphatic hydroxyl groups is 1. The lowest BCUT2D eigenvalue weighted by Gasteiger charge is -2.17. The average Bonchev–Trinajstić information content (AvgIpc) is 2.53. The van der Waals surface area contributed by atoms with E-state index in [2.05, 4.69) is 19.1 Å². The number of aryl methyl sites for hydroxylation is 1. The second-order valence-corrected chi connectivity index (χ2v) is 5.05. The van der Waals surface area contributed by atoms with E-state index in [1.165, 1.54) is 11.1 Å². The standard InChI is InChI=1S/C18H22O3/c1-14-5-3-4-6-18(14)15(13-19)11-12-21-17-9-7-16(20-2)8-10-17/h3-10,15,19H,11-13H2,1-2H3. The molecule has 3 nitrogen and oxygen atoms in total. The Morgan fingerprint density at radius 3 is 2.29 bits per heavy atom. The van der Waals surface area contributed by atoms with E-state index in [-0.39, 0.29) is 12.5 Å². The fraction of sp³-hybridized carbons (Fsp3) is 0.333. The van der Waals surface area contributed by atoms with E-state index in [9.17, 15) is 5.11 Å². The maximum absolute atomic E-state index is 9.60. The summed E-state index contributed by atoms with van der Waals surface area (Å²) in [5.74, 6) is 1.75. The Morgan fingerprint density at radius 2 is 1.67 bits per heavy atom. The molecule has 0 aromatic heterocycles. The van der Waals surface area contributed by atoms with E-state index in [4.69, 9.17) is 9.47 Å². The summed E-state index contributed by atoms with van der Waals surface area (Å²) in [5, 5.41) is 9.60. The summed E-state index contributed by atoms with van der Waals surface area (Å²) < 4.78 is 10.8. The van der Waals surface area contributed by atoms with Gasteiger partial charge in [0, 0.05) is 5.92 Å². The maximum Gasteiger partial charge on any atom is 0.119 e. The molecular weight excluding hydrogens is 264 g/mol. The van der Waals surface area contributed by atoms with Crippen molar-refractivity contribution in [3.05, 3.63) is 59.7 Å². The quantitative estimate of drug-likeness (QED) is 0.846. The minimum absolute atomic E-state index is 0.115. The van der Waals surface area contributed by atoms with Gasteiger partial charge in [-0.05, 0) is 48.7 Å². The summed E-state index contributed by atoms with van der Waals surface area (Å²) in [5.41, 5.74) is 2.40. The molecule has 0 saturated carbocycles. The van der Waals surface area contributed by atoms with Crippen LogP contribution in [0.25, 0.3) is 0 Å². The molecule has 0 aliphatic carbocycles. The molecule has 2 aromatic rings. The third-order valence-corrected chi connectivity index (χ3v) is 3.64. The molecule has 0 heterocycles. The van der Waals surface area contributed by atoms with Crippen LogP contribution < -0.4 is 9.47 Å². The van der Waals surface area contributed by atoms with Crippen LogP contribution >= 0.6 is 0 Å². The molecule has 0 amide bonds. The number of ether oxygens (including phenoxy) is 2. The van der Waals surface area contributed by atoms with Gasteiger partial charge in [0.2, 0.25) is 0 Å². The molecule has 0 aliphatic heterocycles. The molecule has 0 aliphatic rings. The van der Waals surface area contributed by atoms with Crippen LogP contribution in [0.15, 0.2) is 48.5 Å². The van der Waals surface area contributed by atoms with Crippen molar-refractivity contribution in [1.29, 1.82) is 0 Å². The Labute approximate surface area is 126 Å². The molecule has 21 heavy (non-hydrogen) atoms. The van der Waals surface area contributed by atoms with Gasteiger partial charge in [-0.15, -0.1) is 0 Å². The highest BCUT2D eigenvalue weighted by Crippen LogP contribution is 2.23. The van der Waals surface area contributed by atoms with Gasteiger partial charge in [0.1, 0.15) is 11.5 Å². The lowest BCUT2D eigenvalue weighted by Crippen LogP contribution is -2.10. The monoisotopic (exact) mass is 286 g/mol. The van der Waals surface area contributed by atoms with Gasteiger partial charge < -0.3 is 14.6 Å². The summed E-state index contributed by atoms with van der Waals surface area (Å²) in [7, 11) is 1.64. The first-order valence-electron chi connectivity index (χ1n) is 7.18. The molecule has 0 radical (unpaired) electrons. The van der Waals surface area contributed by atoms with Gasteiger partial charge in [-0.2, -0.15) is 0 Å². The topological polar surface area (TPSA) is 38.7 Å². The van der Waals surface area contributed by atoms with Gasteiger partial charge in [-0.3, -0.25) is 0 Å². The van der Waals surface area contributed by atoms with E-state index in [1.807, 2.05) is 36.4 Å². The molecule has 1 atom stereocenters. The summed E-state index contributed by atoms with van der Waals surface area (Å²) in [6.45, 7) is 2.78. The third-order valence-electron chi connectivity index (χ3n) is 3.64. The van der Waals surface area contributed by atoms with Crippen molar-refractivity contribution in [2.75, 3.05) is 20.3 Å². The van der Waals surface area contributed by atoms with E-state index in [0.717, 1.165) is 17.9 Å². The van der Waals surface area contributed by atoms with E-state index in [1.54, 1.807) is 7.11 Å². The van der Waals surface area contributed by atoms with Gasteiger partial charge >= 0.3 is 0 Å². The molecule has 2 rings (SSSR count). The number of rotatable bonds is 7. The summed E-state index contributed by atoms with van der Waals surface area (Å²) in [4.78, 5) is 0. The first-order valence-corrected chi connectivity index (χ1v) is 7.18. The zero-order chi connectivity index (χ0) is 15.1. The molecule has 2 aromatic carbocycles. The Balaban J connectivity index is 1.90. The second kappa shape index (κ2) is 7.70. The van der Waals surface area contributed by atoms with Crippen molar-refractivity contribution in [2.24, 2.45) is 0 Å². The Hall–Kier alpha value is -2.00. The summed E-state index contributed by atoms with van der Waals surface area (Å²) in [6, 6.07) is 15.7. The number of aliphatic hydroxyl groups excluding tert-OH is 1. The Bertz CT molecular complexity index is 549. The van der Waals surface area contributed by atoms with Crippen molar-refractivity contribution in [3.8, 4) is 11.5 Å². The van der Waals surface area contributed by atoms with Crippen LogP contribution in [0, 0.1) is 6.92 Å². The van der Waals surface area contributed by atoms with Crippen LogP contribution in [0.3, 0.4) is 0 Å². The van der Waals surface area contributed by atoms with Crippen molar-refractivity contribution in [1.82, 2.24) is 0 Å². The van der Waals surface area contributed by atoms with Crippen molar-refractivity contribution in [2.45, 2.75) is 19.3 Å². The largest absolute Gasteiger partial charge is 0.497 e. The van der Waals surface area contributed by atoms with Gasteiger partial charge in [-0.1, -0.05) is 24.3 Å². The molecule has 3 heteroatoms. The van der Waals surface area contributed by atoms with E-state index < -0.39 is 0 Å². The van der Waals surface area contributed by atoms with Crippen molar-refractivity contribution in [3.63, 3.8) is 0 Å². The average molecular weight is 286 g/mol. The van der Waals surface area contributed by atoms with Crippen LogP contribution in [-0.2, 0) is 0 Å². The maximum atomic E-state index is 9.60.